The Hall–Kier alpha value is -1.88. The van der Waals surface area contributed by atoms with E-state index in [0.717, 1.165) is 18.5 Å². The van der Waals surface area contributed by atoms with E-state index in [1.54, 1.807) is 20.2 Å². The van der Waals surface area contributed by atoms with Gasteiger partial charge in [-0.05, 0) is 30.0 Å². The number of nitrogens with zero attached hydrogens (tertiary/aromatic N) is 1. The van der Waals surface area contributed by atoms with E-state index in [2.05, 4.69) is 5.32 Å². The maximum Gasteiger partial charge on any atom is 0.251 e. The van der Waals surface area contributed by atoms with Gasteiger partial charge in [-0.3, -0.25) is 9.59 Å². The Morgan fingerprint density at radius 1 is 1.48 bits per heavy atom. The molecule has 1 aromatic rings. The lowest BCUT2D eigenvalue weighted by Gasteiger charge is -2.16. The fourth-order valence-electron chi connectivity index (χ4n) is 2.73. The first-order valence-corrected chi connectivity index (χ1v) is 7.21. The molecule has 114 valence electrons. The van der Waals surface area contributed by atoms with Crippen molar-refractivity contribution in [2.45, 2.75) is 12.8 Å². The van der Waals surface area contributed by atoms with Crippen molar-refractivity contribution in [3.8, 4) is 0 Å². The van der Waals surface area contributed by atoms with E-state index >= 15 is 0 Å². The van der Waals surface area contributed by atoms with Gasteiger partial charge in [0.05, 0.1) is 6.61 Å². The van der Waals surface area contributed by atoms with E-state index in [-0.39, 0.29) is 11.8 Å². The zero-order chi connectivity index (χ0) is 15.2. The number of carbonyl (C=O) groups excluding carboxylic acids is 2. The van der Waals surface area contributed by atoms with E-state index < -0.39 is 0 Å². The molecule has 0 spiro atoms. The normalized spacial score (nSPS) is 18.1. The molecule has 21 heavy (non-hydrogen) atoms. The number of amides is 2. The van der Waals surface area contributed by atoms with Crippen molar-refractivity contribution >= 4 is 11.8 Å². The quantitative estimate of drug-likeness (QED) is 0.853. The molecular formula is C16H22N2O3. The molecule has 0 aromatic heterocycles. The number of carbonyl (C=O) groups is 2. The zero-order valence-corrected chi connectivity index (χ0v) is 12.6. The summed E-state index contributed by atoms with van der Waals surface area (Å²) in [6.07, 6.45) is 1.40. The highest BCUT2D eigenvalue weighted by Gasteiger charge is 2.29. The lowest BCUT2D eigenvalue weighted by molar-refractivity contribution is -0.128. The number of hydrogen-bond donors (Lipinski definition) is 1. The van der Waals surface area contributed by atoms with Crippen LogP contribution in [0, 0.1) is 5.92 Å². The average Bonchev–Trinajstić information content (AvgIpc) is 2.84. The first-order chi connectivity index (χ1) is 10.1. The minimum absolute atomic E-state index is 0.0823. The Balaban J connectivity index is 1.96. The second kappa shape index (κ2) is 7.22. The first-order valence-electron chi connectivity index (χ1n) is 7.21. The van der Waals surface area contributed by atoms with Gasteiger partial charge in [-0.1, -0.05) is 12.1 Å². The second-order valence-corrected chi connectivity index (χ2v) is 5.39. The largest absolute Gasteiger partial charge is 0.383 e. The summed E-state index contributed by atoms with van der Waals surface area (Å²) in [5.41, 5.74) is 1.76. The minimum Gasteiger partial charge on any atom is -0.383 e. The van der Waals surface area contributed by atoms with E-state index in [0.29, 0.717) is 31.1 Å². The van der Waals surface area contributed by atoms with Crippen LogP contribution in [0.3, 0.4) is 0 Å². The van der Waals surface area contributed by atoms with Gasteiger partial charge in [-0.2, -0.15) is 0 Å². The summed E-state index contributed by atoms with van der Waals surface area (Å²) in [4.78, 5) is 25.4. The molecule has 1 aliphatic rings. The lowest BCUT2D eigenvalue weighted by Crippen LogP contribution is -2.28. The van der Waals surface area contributed by atoms with Crippen molar-refractivity contribution in [1.29, 1.82) is 0 Å². The summed E-state index contributed by atoms with van der Waals surface area (Å²) in [6, 6.07) is 7.60. The Bertz CT molecular complexity index is 516. The highest BCUT2D eigenvalue weighted by atomic mass is 16.5. The van der Waals surface area contributed by atoms with Crippen LogP contribution in [0.2, 0.25) is 0 Å². The van der Waals surface area contributed by atoms with Gasteiger partial charge in [-0.25, -0.2) is 0 Å². The van der Waals surface area contributed by atoms with Crippen LogP contribution in [0.25, 0.3) is 0 Å². The molecule has 1 N–H and O–H groups in total. The molecule has 1 fully saturated rings. The highest BCUT2D eigenvalue weighted by Crippen LogP contribution is 2.22. The molecule has 0 bridgehead atoms. The van der Waals surface area contributed by atoms with Gasteiger partial charge in [0.2, 0.25) is 5.91 Å². The standard InChI is InChI=1S/C16H22N2O3/c1-17-16(20)14-5-3-4-12(9-14)8-13-10-15(19)18(11-13)6-7-21-2/h3-5,9,13H,6-8,10-11H2,1-2H3,(H,17,20)/t13-/m1/s1. The number of nitrogens with one attached hydrogen (secondary N) is 1. The Kier molecular flexibility index (Phi) is 5.33. The molecule has 0 radical (unpaired) electrons. The Morgan fingerprint density at radius 3 is 3.00 bits per heavy atom. The molecule has 2 amide bonds. The third-order valence-corrected chi connectivity index (χ3v) is 3.80. The van der Waals surface area contributed by atoms with Crippen LogP contribution < -0.4 is 5.32 Å². The van der Waals surface area contributed by atoms with Crippen molar-refractivity contribution in [2.75, 3.05) is 33.9 Å². The Morgan fingerprint density at radius 2 is 2.29 bits per heavy atom. The Labute approximate surface area is 125 Å². The minimum atomic E-state index is -0.0823. The molecule has 2 rings (SSSR count). The van der Waals surface area contributed by atoms with E-state index in [9.17, 15) is 9.59 Å². The van der Waals surface area contributed by atoms with Crippen LogP contribution in [-0.4, -0.2) is 50.6 Å². The second-order valence-electron chi connectivity index (χ2n) is 5.39. The topological polar surface area (TPSA) is 58.6 Å². The van der Waals surface area contributed by atoms with Crippen LogP contribution >= 0.6 is 0 Å². The summed E-state index contributed by atoms with van der Waals surface area (Å²) < 4.78 is 5.02. The van der Waals surface area contributed by atoms with Gasteiger partial charge in [0.1, 0.15) is 0 Å². The first kappa shape index (κ1) is 15.5. The third kappa shape index (κ3) is 4.04. The monoisotopic (exact) mass is 290 g/mol. The predicted octanol–water partition coefficient (Wildman–Crippen LogP) is 1.08. The fourth-order valence-corrected chi connectivity index (χ4v) is 2.73. The van der Waals surface area contributed by atoms with Gasteiger partial charge in [-0.15, -0.1) is 0 Å². The molecule has 1 heterocycles. The predicted molar refractivity (Wildman–Crippen MR) is 80.1 cm³/mol. The zero-order valence-electron chi connectivity index (χ0n) is 12.6. The van der Waals surface area contributed by atoms with Crippen LogP contribution in [0.4, 0.5) is 0 Å². The smallest absolute Gasteiger partial charge is 0.251 e. The van der Waals surface area contributed by atoms with Gasteiger partial charge < -0.3 is 15.0 Å². The van der Waals surface area contributed by atoms with Gasteiger partial charge in [0, 0.05) is 39.2 Å². The number of ether oxygens (including phenoxy) is 1. The molecule has 0 saturated carbocycles. The molecule has 1 atom stereocenters. The van der Waals surface area contributed by atoms with Crippen molar-refractivity contribution in [1.82, 2.24) is 10.2 Å². The molecule has 1 aromatic carbocycles. The van der Waals surface area contributed by atoms with Crippen LogP contribution in [0.5, 0.6) is 0 Å². The number of rotatable bonds is 6. The van der Waals surface area contributed by atoms with Gasteiger partial charge in [0.25, 0.3) is 5.91 Å². The number of likely N-dealkylation sites (tertiary alicyclic amines) is 1. The molecular weight excluding hydrogens is 268 g/mol. The van der Waals surface area contributed by atoms with Crippen molar-refractivity contribution < 1.29 is 14.3 Å². The lowest BCUT2D eigenvalue weighted by atomic mass is 9.97. The fraction of sp³-hybridized carbons (Fsp3) is 0.500. The maximum absolute atomic E-state index is 11.9. The van der Waals surface area contributed by atoms with Gasteiger partial charge in [0.15, 0.2) is 0 Å². The highest BCUT2D eigenvalue weighted by molar-refractivity contribution is 5.94. The van der Waals surface area contributed by atoms with E-state index in [4.69, 9.17) is 4.74 Å². The molecule has 0 aliphatic carbocycles. The van der Waals surface area contributed by atoms with Crippen molar-refractivity contribution in [3.63, 3.8) is 0 Å². The van der Waals surface area contributed by atoms with Crippen LogP contribution in [0.1, 0.15) is 22.3 Å². The molecule has 1 aliphatic heterocycles. The average molecular weight is 290 g/mol. The molecule has 1 saturated heterocycles. The van der Waals surface area contributed by atoms with Crippen LogP contribution in [0.15, 0.2) is 24.3 Å². The van der Waals surface area contributed by atoms with Crippen LogP contribution in [-0.2, 0) is 16.0 Å². The summed E-state index contributed by atoms with van der Waals surface area (Å²) in [7, 11) is 3.26. The summed E-state index contributed by atoms with van der Waals surface area (Å²) in [6.45, 7) is 2.00. The van der Waals surface area contributed by atoms with Crippen molar-refractivity contribution in [2.24, 2.45) is 5.92 Å². The molecule has 5 nitrogen and oxygen atoms in total. The number of benzene rings is 1. The molecule has 5 heteroatoms. The van der Waals surface area contributed by atoms with Crippen molar-refractivity contribution in [3.05, 3.63) is 35.4 Å². The summed E-state index contributed by atoms with van der Waals surface area (Å²) in [5.74, 6) is 0.426. The number of hydrogen-bond acceptors (Lipinski definition) is 3. The molecule has 0 unspecified atom stereocenters. The van der Waals surface area contributed by atoms with Gasteiger partial charge >= 0.3 is 0 Å². The third-order valence-electron chi connectivity index (χ3n) is 3.80. The summed E-state index contributed by atoms with van der Waals surface area (Å²) in [5, 5.41) is 2.62. The van der Waals surface area contributed by atoms with E-state index in [1.165, 1.54) is 0 Å². The van der Waals surface area contributed by atoms with E-state index in [1.807, 2.05) is 23.1 Å². The maximum atomic E-state index is 11.9. The SMILES string of the molecule is CNC(=O)c1cccc(C[C@@H]2CC(=O)N(CCOC)C2)c1. The summed E-state index contributed by atoms with van der Waals surface area (Å²) >= 11 is 0. The number of methoxy groups -OCH3 is 1.